The van der Waals surface area contributed by atoms with Crippen LogP contribution in [0.2, 0.25) is 0 Å². The molecule has 0 bridgehead atoms. The van der Waals surface area contributed by atoms with Gasteiger partial charge < -0.3 is 19.9 Å². The van der Waals surface area contributed by atoms with Crippen molar-refractivity contribution in [1.29, 1.82) is 0 Å². The number of hydrogen-bond donors (Lipinski definition) is 1. The summed E-state index contributed by atoms with van der Waals surface area (Å²) in [5.41, 5.74) is 1.70. The Morgan fingerprint density at radius 2 is 2.08 bits per heavy atom. The number of carbonyl (C=O) groups excluding carboxylic acids is 1. The number of nitrogens with zero attached hydrogens (tertiary/aromatic N) is 4. The lowest BCUT2D eigenvalue weighted by molar-refractivity contribution is 0.208. The van der Waals surface area contributed by atoms with Gasteiger partial charge in [0.2, 0.25) is 0 Å². The number of ether oxygens (including phenoxy) is 1. The van der Waals surface area contributed by atoms with E-state index in [-0.39, 0.29) is 12.6 Å². The zero-order valence-corrected chi connectivity index (χ0v) is 14.2. The molecule has 0 aliphatic carbocycles. The van der Waals surface area contributed by atoms with Crippen LogP contribution in [0.1, 0.15) is 0 Å². The summed E-state index contributed by atoms with van der Waals surface area (Å²) in [6.45, 7) is 3.00. The summed E-state index contributed by atoms with van der Waals surface area (Å²) in [4.78, 5) is 16.5. The van der Waals surface area contributed by atoms with E-state index in [4.69, 9.17) is 11.2 Å². The molecule has 1 aliphatic heterocycles. The van der Waals surface area contributed by atoms with E-state index in [0.717, 1.165) is 18.8 Å². The van der Waals surface area contributed by atoms with E-state index >= 15 is 0 Å². The second-order valence-corrected chi connectivity index (χ2v) is 5.77. The third-order valence-corrected chi connectivity index (χ3v) is 4.06. The molecule has 1 saturated heterocycles. The minimum absolute atomic E-state index is 0.136. The fourth-order valence-corrected chi connectivity index (χ4v) is 2.75. The number of piperazine rings is 1. The van der Waals surface area contributed by atoms with Crippen molar-refractivity contribution in [3.05, 3.63) is 36.7 Å². The number of urea groups is 1. The van der Waals surface area contributed by atoms with Gasteiger partial charge in [-0.1, -0.05) is 18.1 Å². The van der Waals surface area contributed by atoms with Crippen LogP contribution in [-0.4, -0.2) is 53.5 Å². The number of benzene rings is 1. The quantitative estimate of drug-likeness (QED) is 0.863. The monoisotopic (exact) mass is 339 g/mol. The number of carbonyl (C=O) groups is 1. The molecule has 3 rings (SSSR count). The van der Waals surface area contributed by atoms with Crippen LogP contribution in [0.5, 0.6) is 5.75 Å². The Morgan fingerprint density at radius 1 is 1.32 bits per heavy atom. The van der Waals surface area contributed by atoms with Crippen LogP contribution >= 0.6 is 0 Å². The van der Waals surface area contributed by atoms with Gasteiger partial charge >= 0.3 is 6.03 Å². The van der Waals surface area contributed by atoms with Gasteiger partial charge in [-0.25, -0.2) is 4.79 Å². The van der Waals surface area contributed by atoms with Crippen molar-refractivity contribution in [2.75, 3.05) is 43.0 Å². The first-order chi connectivity index (χ1) is 12.2. The van der Waals surface area contributed by atoms with Crippen molar-refractivity contribution in [2.45, 2.75) is 0 Å². The Bertz CT molecular complexity index is 772. The third-order valence-electron chi connectivity index (χ3n) is 4.06. The van der Waals surface area contributed by atoms with Gasteiger partial charge in [0, 0.05) is 39.4 Å². The van der Waals surface area contributed by atoms with Crippen LogP contribution in [-0.2, 0) is 7.05 Å². The molecular formula is C18H21N5O2. The Kier molecular flexibility index (Phi) is 5.09. The summed E-state index contributed by atoms with van der Waals surface area (Å²) in [7, 11) is 1.90. The summed E-state index contributed by atoms with van der Waals surface area (Å²) in [6, 6.07) is 7.14. The molecule has 0 unspecified atom stereocenters. The van der Waals surface area contributed by atoms with Crippen molar-refractivity contribution in [2.24, 2.45) is 7.05 Å². The molecule has 7 heteroatoms. The van der Waals surface area contributed by atoms with Gasteiger partial charge in [0.25, 0.3) is 0 Å². The van der Waals surface area contributed by atoms with Gasteiger partial charge in [-0.15, -0.1) is 6.42 Å². The van der Waals surface area contributed by atoms with E-state index in [1.807, 2.05) is 31.6 Å². The molecule has 1 N–H and O–H groups in total. The van der Waals surface area contributed by atoms with E-state index in [0.29, 0.717) is 24.5 Å². The number of terminal acetylenes is 1. The SMILES string of the molecule is C#CCOc1ccccc1NC(=O)N1CCN(c2cnn(C)c2)CC1. The van der Waals surface area contributed by atoms with Crippen LogP contribution in [0.3, 0.4) is 0 Å². The molecule has 0 atom stereocenters. The number of aromatic nitrogens is 2. The maximum atomic E-state index is 12.5. The number of nitrogens with one attached hydrogen (secondary N) is 1. The number of para-hydroxylation sites is 2. The average Bonchev–Trinajstić information content (AvgIpc) is 3.07. The lowest BCUT2D eigenvalue weighted by atomic mass is 10.3. The summed E-state index contributed by atoms with van der Waals surface area (Å²) in [5, 5.41) is 7.10. The minimum Gasteiger partial charge on any atom is -0.479 e. The van der Waals surface area contributed by atoms with Crippen LogP contribution < -0.4 is 15.0 Å². The van der Waals surface area contributed by atoms with Crippen LogP contribution in [0.4, 0.5) is 16.2 Å². The summed E-state index contributed by atoms with van der Waals surface area (Å²) in [5.74, 6) is 3.00. The van der Waals surface area contributed by atoms with Crippen molar-refractivity contribution >= 4 is 17.4 Å². The zero-order valence-electron chi connectivity index (χ0n) is 14.2. The van der Waals surface area contributed by atoms with Crippen molar-refractivity contribution < 1.29 is 9.53 Å². The number of rotatable bonds is 4. The largest absolute Gasteiger partial charge is 0.479 e. The standard InChI is InChI=1S/C18H21N5O2/c1-3-12-25-17-7-5-4-6-16(17)20-18(24)23-10-8-22(9-11-23)15-13-19-21(2)14-15/h1,4-7,13-14H,8-12H2,2H3,(H,20,24). The first-order valence-electron chi connectivity index (χ1n) is 8.12. The predicted octanol–water partition coefficient (Wildman–Crippen LogP) is 1.79. The molecule has 0 spiro atoms. The van der Waals surface area contributed by atoms with E-state index in [2.05, 4.69) is 21.2 Å². The van der Waals surface area contributed by atoms with Crippen molar-refractivity contribution in [1.82, 2.24) is 14.7 Å². The highest BCUT2D eigenvalue weighted by Crippen LogP contribution is 2.24. The third kappa shape index (κ3) is 4.04. The smallest absolute Gasteiger partial charge is 0.322 e. The maximum Gasteiger partial charge on any atom is 0.322 e. The second kappa shape index (κ2) is 7.62. The summed E-state index contributed by atoms with van der Waals surface area (Å²) >= 11 is 0. The zero-order chi connectivity index (χ0) is 17.6. The van der Waals surface area contributed by atoms with E-state index in [1.54, 1.807) is 21.7 Å². The molecule has 0 radical (unpaired) electrons. The number of aryl methyl sites for hydroxylation is 1. The van der Waals surface area contributed by atoms with Crippen LogP contribution in [0.15, 0.2) is 36.7 Å². The van der Waals surface area contributed by atoms with Crippen molar-refractivity contribution in [3.63, 3.8) is 0 Å². The average molecular weight is 339 g/mol. The molecule has 2 amide bonds. The highest BCUT2D eigenvalue weighted by atomic mass is 16.5. The van der Waals surface area contributed by atoms with Gasteiger partial charge in [-0.05, 0) is 12.1 Å². The molecule has 1 fully saturated rings. The Morgan fingerprint density at radius 3 is 2.76 bits per heavy atom. The van der Waals surface area contributed by atoms with Gasteiger partial charge in [0.05, 0.1) is 17.6 Å². The van der Waals surface area contributed by atoms with Crippen LogP contribution in [0, 0.1) is 12.3 Å². The minimum atomic E-state index is -0.136. The lowest BCUT2D eigenvalue weighted by Crippen LogP contribution is -2.50. The van der Waals surface area contributed by atoms with Gasteiger partial charge in [-0.3, -0.25) is 4.68 Å². The number of amides is 2. The molecule has 7 nitrogen and oxygen atoms in total. The number of anilines is 2. The molecule has 25 heavy (non-hydrogen) atoms. The van der Waals surface area contributed by atoms with Gasteiger partial charge in [0.15, 0.2) is 0 Å². The normalized spacial score (nSPS) is 14.1. The lowest BCUT2D eigenvalue weighted by Gasteiger charge is -2.35. The summed E-state index contributed by atoms with van der Waals surface area (Å²) < 4.78 is 7.24. The fourth-order valence-electron chi connectivity index (χ4n) is 2.75. The van der Waals surface area contributed by atoms with E-state index < -0.39 is 0 Å². The molecule has 2 aromatic rings. The van der Waals surface area contributed by atoms with Gasteiger partial charge in [0.1, 0.15) is 12.4 Å². The first kappa shape index (κ1) is 16.7. The fraction of sp³-hybridized carbons (Fsp3) is 0.333. The Labute approximate surface area is 147 Å². The van der Waals surface area contributed by atoms with Crippen LogP contribution in [0.25, 0.3) is 0 Å². The van der Waals surface area contributed by atoms with E-state index in [1.165, 1.54) is 0 Å². The first-order valence-corrected chi connectivity index (χ1v) is 8.12. The molecule has 130 valence electrons. The molecule has 0 saturated carbocycles. The molecule has 2 heterocycles. The van der Waals surface area contributed by atoms with E-state index in [9.17, 15) is 4.79 Å². The Hall–Kier alpha value is -3.14. The predicted molar refractivity (Wildman–Crippen MR) is 96.8 cm³/mol. The molecule has 1 aromatic heterocycles. The molecule has 1 aliphatic rings. The Balaban J connectivity index is 1.57. The highest BCUT2D eigenvalue weighted by Gasteiger charge is 2.22. The summed E-state index contributed by atoms with van der Waals surface area (Å²) in [6.07, 6.45) is 9.05. The molecular weight excluding hydrogens is 318 g/mol. The second-order valence-electron chi connectivity index (χ2n) is 5.77. The molecule has 1 aromatic carbocycles. The van der Waals surface area contributed by atoms with Crippen molar-refractivity contribution in [3.8, 4) is 18.1 Å². The topological polar surface area (TPSA) is 62.6 Å². The maximum absolute atomic E-state index is 12.5. The highest BCUT2D eigenvalue weighted by molar-refractivity contribution is 5.91. The van der Waals surface area contributed by atoms with Gasteiger partial charge in [-0.2, -0.15) is 5.10 Å². The number of hydrogen-bond acceptors (Lipinski definition) is 4.